The average Bonchev–Trinajstić information content (AvgIpc) is 1.72. The average molecular weight is 180 g/mol. The summed E-state index contributed by atoms with van der Waals surface area (Å²) in [7, 11) is 0.750. The Hall–Kier alpha value is 2.07. The van der Waals surface area contributed by atoms with E-state index in [0.717, 1.165) is 7.11 Å². The second-order valence-electron chi connectivity index (χ2n) is 1.47. The molecule has 0 saturated heterocycles. The molecule has 5 heteroatoms. The van der Waals surface area contributed by atoms with E-state index in [-0.39, 0.29) is 86.9 Å². The number of carboxylic acid groups (broad SMARTS) is 1. The maximum Gasteiger partial charge on any atom is 1.00 e. The van der Waals surface area contributed by atoms with Gasteiger partial charge < -0.3 is 15.0 Å². The van der Waals surface area contributed by atoms with Crippen molar-refractivity contribution in [2.75, 3.05) is 7.11 Å². The van der Waals surface area contributed by atoms with Gasteiger partial charge in [0, 0.05) is 5.97 Å². The van der Waals surface area contributed by atoms with Crippen molar-refractivity contribution in [2.45, 2.75) is 13.8 Å². The van der Waals surface area contributed by atoms with Gasteiger partial charge in [0.15, 0.2) is 0 Å². The topological polar surface area (TPSA) is 63.2 Å². The second kappa shape index (κ2) is 17.2. The van der Waals surface area contributed by atoms with Gasteiger partial charge in [0.2, 0.25) is 0 Å². The van der Waals surface area contributed by atoms with Crippen LogP contribution in [0.3, 0.4) is 0 Å². The van der Waals surface area contributed by atoms with Crippen LogP contribution in [0, 0.1) is 5.92 Å². The van der Waals surface area contributed by atoms with Gasteiger partial charge in [0.05, 0.1) is 0 Å². The standard InChI is InChI=1S/C4H8O2.CH3O.K.Na/c1-3(2)4(5)6;1-2;;/h3H,1-2H3,(H,5,6);1H3;;/q;-1;2*+1/p-1. The number of carbonyl (C=O) groups is 1. The first kappa shape index (κ1) is 22.7. The Morgan fingerprint density at radius 1 is 1.30 bits per heavy atom. The van der Waals surface area contributed by atoms with Crippen LogP contribution in [0.4, 0.5) is 0 Å². The van der Waals surface area contributed by atoms with E-state index >= 15 is 0 Å². The summed E-state index contributed by atoms with van der Waals surface area (Å²) in [5.41, 5.74) is 0. The number of rotatable bonds is 1. The van der Waals surface area contributed by atoms with E-state index in [4.69, 9.17) is 5.11 Å². The van der Waals surface area contributed by atoms with Gasteiger partial charge in [-0.3, -0.25) is 0 Å². The van der Waals surface area contributed by atoms with Crippen LogP contribution in [0.2, 0.25) is 0 Å². The van der Waals surface area contributed by atoms with E-state index < -0.39 is 5.97 Å². The first-order chi connectivity index (χ1) is 3.64. The molecule has 3 nitrogen and oxygen atoms in total. The SMILES string of the molecule is CC(C)C(=O)[O-].C[O-].[K+].[Na+]. The van der Waals surface area contributed by atoms with Crippen molar-refractivity contribution in [1.29, 1.82) is 0 Å². The monoisotopic (exact) mass is 180 g/mol. The molecule has 0 aliphatic heterocycles. The van der Waals surface area contributed by atoms with Crippen LogP contribution in [0.5, 0.6) is 0 Å². The van der Waals surface area contributed by atoms with E-state index in [1.165, 1.54) is 0 Å². The van der Waals surface area contributed by atoms with Crippen molar-refractivity contribution in [3.8, 4) is 0 Å². The minimum absolute atomic E-state index is 0. The molecule has 0 rings (SSSR count). The zero-order chi connectivity index (χ0) is 7.15. The van der Waals surface area contributed by atoms with E-state index in [1.54, 1.807) is 13.8 Å². The van der Waals surface area contributed by atoms with Crippen LogP contribution < -0.4 is 91.2 Å². The van der Waals surface area contributed by atoms with Gasteiger partial charge in [-0.15, -0.1) is 0 Å². The molecule has 50 valence electrons. The van der Waals surface area contributed by atoms with E-state index in [0.29, 0.717) is 0 Å². The molecule has 0 aromatic heterocycles. The fourth-order valence-corrected chi connectivity index (χ4v) is 0. The normalized spacial score (nSPS) is 6.10. The quantitative estimate of drug-likeness (QED) is 0.377. The summed E-state index contributed by atoms with van der Waals surface area (Å²) >= 11 is 0. The molecule has 0 aliphatic carbocycles. The third-order valence-electron chi connectivity index (χ3n) is 0.471. The van der Waals surface area contributed by atoms with E-state index in [2.05, 4.69) is 0 Å². The minimum Gasteiger partial charge on any atom is -0.857 e. The number of hydrogen-bond acceptors (Lipinski definition) is 3. The fourth-order valence-electron chi connectivity index (χ4n) is 0. The van der Waals surface area contributed by atoms with Gasteiger partial charge in [-0.2, -0.15) is 7.11 Å². The number of hydrogen-bond donors (Lipinski definition) is 0. The molecular formula is C5H10KNaO3. The molecule has 0 saturated carbocycles. The molecule has 0 radical (unpaired) electrons. The van der Waals surface area contributed by atoms with E-state index in [9.17, 15) is 9.90 Å². The van der Waals surface area contributed by atoms with E-state index in [1.807, 2.05) is 0 Å². The summed E-state index contributed by atoms with van der Waals surface area (Å²) in [5.74, 6) is -1.33. The summed E-state index contributed by atoms with van der Waals surface area (Å²) in [5, 5.41) is 17.8. The van der Waals surface area contributed by atoms with Gasteiger partial charge >= 0.3 is 80.9 Å². The summed E-state index contributed by atoms with van der Waals surface area (Å²) in [4.78, 5) is 9.59. The molecule has 0 aromatic rings. The molecule has 0 heterocycles. The summed E-state index contributed by atoms with van der Waals surface area (Å²) in [6.07, 6.45) is 0. The van der Waals surface area contributed by atoms with Crippen LogP contribution in [0.15, 0.2) is 0 Å². The Balaban J connectivity index is -0.0000000412. The van der Waals surface area contributed by atoms with Crippen LogP contribution >= 0.6 is 0 Å². The molecule has 0 N–H and O–H groups in total. The smallest absolute Gasteiger partial charge is 0.857 e. The van der Waals surface area contributed by atoms with Crippen molar-refractivity contribution >= 4 is 5.97 Å². The van der Waals surface area contributed by atoms with Crippen LogP contribution in [-0.4, -0.2) is 13.1 Å². The van der Waals surface area contributed by atoms with Gasteiger partial charge in [0.25, 0.3) is 0 Å². The summed E-state index contributed by atoms with van der Waals surface area (Å²) < 4.78 is 0. The summed E-state index contributed by atoms with van der Waals surface area (Å²) in [6, 6.07) is 0. The first-order valence-electron chi connectivity index (χ1n) is 2.26. The van der Waals surface area contributed by atoms with Crippen molar-refractivity contribution in [3.05, 3.63) is 0 Å². The van der Waals surface area contributed by atoms with Crippen molar-refractivity contribution in [3.63, 3.8) is 0 Å². The Morgan fingerprint density at radius 2 is 1.40 bits per heavy atom. The van der Waals surface area contributed by atoms with Gasteiger partial charge in [-0.1, -0.05) is 13.8 Å². The number of carboxylic acids is 1. The Morgan fingerprint density at radius 3 is 1.40 bits per heavy atom. The molecule has 0 atom stereocenters. The molecule has 10 heavy (non-hydrogen) atoms. The van der Waals surface area contributed by atoms with Crippen molar-refractivity contribution in [1.82, 2.24) is 0 Å². The largest absolute Gasteiger partial charge is 1.00 e. The third-order valence-corrected chi connectivity index (χ3v) is 0.471. The van der Waals surface area contributed by atoms with Crippen LogP contribution in [-0.2, 0) is 4.79 Å². The molecular weight excluding hydrogens is 170 g/mol. The molecule has 0 aliphatic rings. The zero-order valence-electron chi connectivity index (χ0n) is 7.30. The third kappa shape index (κ3) is 22.5. The Labute approximate surface area is 126 Å². The maximum atomic E-state index is 9.59. The zero-order valence-corrected chi connectivity index (χ0v) is 12.4. The van der Waals surface area contributed by atoms with Crippen LogP contribution in [0.1, 0.15) is 13.8 Å². The molecule has 0 amide bonds. The Bertz CT molecular complexity index is 67.9. The predicted molar refractivity (Wildman–Crippen MR) is 25.8 cm³/mol. The maximum absolute atomic E-state index is 9.59. The fraction of sp³-hybridized carbons (Fsp3) is 0.800. The van der Waals surface area contributed by atoms with Crippen molar-refractivity contribution < 1.29 is 95.9 Å². The minimum atomic E-state index is -0.991. The molecule has 0 bridgehead atoms. The number of carbonyl (C=O) groups excluding carboxylic acids is 1. The van der Waals surface area contributed by atoms with Gasteiger partial charge in [-0.05, 0) is 5.92 Å². The second-order valence-corrected chi connectivity index (χ2v) is 1.47. The molecule has 0 spiro atoms. The van der Waals surface area contributed by atoms with Gasteiger partial charge in [-0.25, -0.2) is 0 Å². The first-order valence-corrected chi connectivity index (χ1v) is 2.26. The van der Waals surface area contributed by atoms with Crippen LogP contribution in [0.25, 0.3) is 0 Å². The molecule has 0 fully saturated rings. The molecule has 0 aromatic carbocycles. The number of aliphatic carboxylic acids is 1. The predicted octanol–water partition coefficient (Wildman–Crippen LogP) is -7.62. The van der Waals surface area contributed by atoms with Crippen molar-refractivity contribution in [2.24, 2.45) is 5.92 Å². The molecule has 0 unspecified atom stereocenters. The summed E-state index contributed by atoms with van der Waals surface area (Å²) in [6.45, 7) is 3.16. The van der Waals surface area contributed by atoms with Gasteiger partial charge in [0.1, 0.15) is 0 Å². The Kier molecular flexibility index (Phi) is 39.1.